The number of aromatic nitrogens is 2. The number of amides is 1. The average molecular weight is 382 g/mol. The summed E-state index contributed by atoms with van der Waals surface area (Å²) in [5.74, 6) is 0.882. The highest BCUT2D eigenvalue weighted by Gasteiger charge is 2.27. The second kappa shape index (κ2) is 10.2. The molecule has 1 fully saturated rings. The van der Waals surface area contributed by atoms with Crippen LogP contribution in [0.1, 0.15) is 31.0 Å². The summed E-state index contributed by atoms with van der Waals surface area (Å²) in [7, 11) is 0. The van der Waals surface area contributed by atoms with E-state index in [1.165, 1.54) is 5.56 Å². The van der Waals surface area contributed by atoms with Gasteiger partial charge in [0.15, 0.2) is 0 Å². The minimum atomic E-state index is 0.00191. The van der Waals surface area contributed by atoms with Crippen LogP contribution in [-0.2, 0) is 11.3 Å². The maximum absolute atomic E-state index is 12.7. The Morgan fingerprint density at radius 1 is 1.29 bits per heavy atom. The number of nitrogens with zero attached hydrogens (tertiary/aromatic N) is 4. The van der Waals surface area contributed by atoms with Gasteiger partial charge in [0.25, 0.3) is 0 Å². The normalized spacial score (nSPS) is 17.0. The Hall–Kier alpha value is -2.47. The van der Waals surface area contributed by atoms with Crippen LogP contribution in [0.2, 0.25) is 0 Å². The molecular weight excluding hydrogens is 350 g/mol. The van der Waals surface area contributed by atoms with E-state index in [9.17, 15) is 4.79 Å². The predicted molar refractivity (Wildman–Crippen MR) is 112 cm³/mol. The number of likely N-dealkylation sites (N-methyl/N-ethyl adjacent to an activating group) is 1. The molecule has 2 aromatic rings. The molecule has 2 heterocycles. The highest BCUT2D eigenvalue weighted by molar-refractivity contribution is 5.79. The maximum Gasteiger partial charge on any atom is 0.225 e. The van der Waals surface area contributed by atoms with Crippen LogP contribution in [0.4, 0.5) is 5.95 Å². The van der Waals surface area contributed by atoms with Crippen molar-refractivity contribution in [1.29, 1.82) is 0 Å². The molecular formula is C22H31N5O. The molecule has 1 aromatic carbocycles. The molecule has 6 heteroatoms. The van der Waals surface area contributed by atoms with Crippen molar-refractivity contribution in [3.63, 3.8) is 0 Å². The minimum Gasteiger partial charge on any atom is -0.355 e. The predicted octanol–water partition coefficient (Wildman–Crippen LogP) is 2.64. The summed E-state index contributed by atoms with van der Waals surface area (Å²) in [6.07, 6.45) is 3.70. The van der Waals surface area contributed by atoms with Gasteiger partial charge in [0.2, 0.25) is 11.9 Å². The van der Waals surface area contributed by atoms with Crippen molar-refractivity contribution in [2.75, 3.05) is 37.6 Å². The topological polar surface area (TPSA) is 61.4 Å². The van der Waals surface area contributed by atoms with Gasteiger partial charge in [0, 0.05) is 44.6 Å². The van der Waals surface area contributed by atoms with Gasteiger partial charge in [-0.05, 0) is 37.9 Å². The molecule has 150 valence electrons. The van der Waals surface area contributed by atoms with Gasteiger partial charge < -0.3 is 10.2 Å². The lowest BCUT2D eigenvalue weighted by Crippen LogP contribution is -2.45. The van der Waals surface area contributed by atoms with Crippen LogP contribution in [0.25, 0.3) is 0 Å². The molecule has 0 aliphatic carbocycles. The lowest BCUT2D eigenvalue weighted by Gasteiger charge is -2.32. The Labute approximate surface area is 168 Å². The first-order valence-electron chi connectivity index (χ1n) is 10.2. The number of rotatable bonds is 8. The Bertz CT molecular complexity index is 752. The van der Waals surface area contributed by atoms with E-state index in [1.807, 2.05) is 19.1 Å². The molecule has 0 spiro atoms. The zero-order chi connectivity index (χ0) is 19.8. The Balaban J connectivity index is 1.46. The highest BCUT2D eigenvalue weighted by atomic mass is 16.1. The summed E-state index contributed by atoms with van der Waals surface area (Å²) in [5.41, 5.74) is 2.26. The number of carbonyl (C=O) groups is 1. The molecule has 1 saturated heterocycles. The van der Waals surface area contributed by atoms with Gasteiger partial charge in [-0.2, -0.15) is 0 Å². The summed E-state index contributed by atoms with van der Waals surface area (Å²) in [6.45, 7) is 9.14. The third-order valence-electron chi connectivity index (χ3n) is 5.28. The molecule has 6 nitrogen and oxygen atoms in total. The second-order valence-corrected chi connectivity index (χ2v) is 7.43. The van der Waals surface area contributed by atoms with Crippen molar-refractivity contribution in [1.82, 2.24) is 20.2 Å². The van der Waals surface area contributed by atoms with Gasteiger partial charge in [-0.1, -0.05) is 37.3 Å². The van der Waals surface area contributed by atoms with Crippen LogP contribution in [-0.4, -0.2) is 53.5 Å². The first kappa shape index (κ1) is 20.3. The number of aryl methyl sites for hydroxylation is 1. The monoisotopic (exact) mass is 381 g/mol. The molecule has 1 aliphatic rings. The Morgan fingerprint density at radius 2 is 2.11 bits per heavy atom. The van der Waals surface area contributed by atoms with E-state index in [1.54, 1.807) is 6.20 Å². The molecule has 1 unspecified atom stereocenters. The number of benzene rings is 1. The second-order valence-electron chi connectivity index (χ2n) is 7.43. The van der Waals surface area contributed by atoms with E-state index in [0.717, 1.165) is 50.7 Å². The third-order valence-corrected chi connectivity index (χ3v) is 5.28. The number of nitrogens with one attached hydrogen (secondary N) is 1. The number of piperidine rings is 1. The van der Waals surface area contributed by atoms with Gasteiger partial charge in [0.1, 0.15) is 0 Å². The van der Waals surface area contributed by atoms with Crippen LogP contribution in [0, 0.1) is 12.8 Å². The van der Waals surface area contributed by atoms with Crippen molar-refractivity contribution in [2.24, 2.45) is 5.92 Å². The zero-order valence-electron chi connectivity index (χ0n) is 17.0. The first-order chi connectivity index (χ1) is 13.7. The summed E-state index contributed by atoms with van der Waals surface area (Å²) in [4.78, 5) is 26.0. The van der Waals surface area contributed by atoms with Gasteiger partial charge in [-0.25, -0.2) is 9.97 Å². The van der Waals surface area contributed by atoms with Crippen LogP contribution in [0.3, 0.4) is 0 Å². The molecule has 1 aromatic heterocycles. The molecule has 0 saturated carbocycles. The third kappa shape index (κ3) is 5.76. The van der Waals surface area contributed by atoms with Crippen LogP contribution < -0.4 is 10.2 Å². The lowest BCUT2D eigenvalue weighted by atomic mass is 9.97. The van der Waals surface area contributed by atoms with E-state index >= 15 is 0 Å². The number of anilines is 1. The van der Waals surface area contributed by atoms with E-state index in [4.69, 9.17) is 0 Å². The zero-order valence-corrected chi connectivity index (χ0v) is 17.0. The summed E-state index contributed by atoms with van der Waals surface area (Å²) >= 11 is 0. The van der Waals surface area contributed by atoms with Crippen LogP contribution >= 0.6 is 0 Å². The maximum atomic E-state index is 12.7. The molecule has 1 atom stereocenters. The van der Waals surface area contributed by atoms with E-state index < -0.39 is 0 Å². The van der Waals surface area contributed by atoms with Gasteiger partial charge in [-0.3, -0.25) is 9.69 Å². The molecule has 1 aliphatic heterocycles. The first-order valence-corrected chi connectivity index (χ1v) is 10.2. The number of carbonyl (C=O) groups excluding carboxylic acids is 1. The van der Waals surface area contributed by atoms with Crippen molar-refractivity contribution in [3.05, 3.63) is 53.9 Å². The van der Waals surface area contributed by atoms with Gasteiger partial charge in [-0.15, -0.1) is 0 Å². The number of hydrogen-bond acceptors (Lipinski definition) is 5. The van der Waals surface area contributed by atoms with Crippen molar-refractivity contribution in [2.45, 2.75) is 33.2 Å². The van der Waals surface area contributed by atoms with Crippen molar-refractivity contribution >= 4 is 11.9 Å². The Morgan fingerprint density at radius 3 is 2.86 bits per heavy atom. The summed E-state index contributed by atoms with van der Waals surface area (Å²) < 4.78 is 0. The number of hydrogen-bond donors (Lipinski definition) is 1. The average Bonchev–Trinajstić information content (AvgIpc) is 2.73. The fourth-order valence-corrected chi connectivity index (χ4v) is 3.63. The summed E-state index contributed by atoms with van der Waals surface area (Å²) in [6, 6.07) is 12.4. The molecule has 0 bridgehead atoms. The minimum absolute atomic E-state index is 0.00191. The SMILES string of the molecule is CCN(CCNC(=O)C1CCCN(c2nccc(C)n2)C1)Cc1ccccc1. The van der Waals surface area contributed by atoms with Crippen LogP contribution in [0.5, 0.6) is 0 Å². The van der Waals surface area contributed by atoms with Crippen molar-refractivity contribution < 1.29 is 4.79 Å². The summed E-state index contributed by atoms with van der Waals surface area (Å²) in [5, 5.41) is 3.14. The van der Waals surface area contributed by atoms with Gasteiger partial charge in [0.05, 0.1) is 5.92 Å². The van der Waals surface area contributed by atoms with Crippen LogP contribution in [0.15, 0.2) is 42.6 Å². The van der Waals surface area contributed by atoms with E-state index in [-0.39, 0.29) is 11.8 Å². The van der Waals surface area contributed by atoms with Gasteiger partial charge >= 0.3 is 0 Å². The largest absolute Gasteiger partial charge is 0.355 e. The molecule has 1 N–H and O–H groups in total. The molecule has 28 heavy (non-hydrogen) atoms. The van der Waals surface area contributed by atoms with E-state index in [0.29, 0.717) is 13.1 Å². The van der Waals surface area contributed by atoms with Crippen molar-refractivity contribution in [3.8, 4) is 0 Å². The molecule has 0 radical (unpaired) electrons. The standard InChI is InChI=1S/C22H31N5O/c1-3-26(16-19-8-5-4-6-9-19)15-13-23-21(28)20-10-7-14-27(17-20)22-24-12-11-18(2)25-22/h4-6,8-9,11-12,20H,3,7,10,13-17H2,1-2H3,(H,23,28). The fraction of sp³-hybridized carbons (Fsp3) is 0.500. The molecule has 1 amide bonds. The lowest BCUT2D eigenvalue weighted by molar-refractivity contribution is -0.125. The Kier molecular flexibility index (Phi) is 7.37. The molecule has 3 rings (SSSR count). The highest BCUT2D eigenvalue weighted by Crippen LogP contribution is 2.20. The quantitative estimate of drug-likeness (QED) is 0.762. The smallest absolute Gasteiger partial charge is 0.225 e. The van der Waals surface area contributed by atoms with E-state index in [2.05, 4.69) is 56.3 Å². The fourth-order valence-electron chi connectivity index (χ4n) is 3.63.